The largest absolute Gasteiger partial charge is 0.465 e. The van der Waals surface area contributed by atoms with Gasteiger partial charge in [0.25, 0.3) is 0 Å². The van der Waals surface area contributed by atoms with Crippen molar-refractivity contribution in [2.45, 2.75) is 138 Å². The third kappa shape index (κ3) is 4.16. The lowest BCUT2D eigenvalue weighted by atomic mass is 9.32. The third-order valence-corrected chi connectivity index (χ3v) is 14.3. The fraction of sp³-hybridized carbons (Fsp3) is 0.941. The Hall–Kier alpha value is -1.10. The highest BCUT2D eigenvalue weighted by atomic mass is 16.5. The van der Waals surface area contributed by atoms with E-state index in [1.807, 2.05) is 13.8 Å². The zero-order valence-electron chi connectivity index (χ0n) is 26.3. The standard InChI is InChI=1S/C34H56O5/c1-21(35)38-20-34-17-12-23(30(5,6)37)28(34)24-10-11-26-31(7)15-14-27(39-22(2)36)29(3,4)25(31)13-16-33(26,9)32(24,8)18-19-34/h23-28,37H,10-20H2,1-9H3/t23-,24+,25+,26-,27+,28+,31-,32+,33-,34-/m0/s1. The van der Waals surface area contributed by atoms with Crippen molar-refractivity contribution in [3.63, 3.8) is 0 Å². The number of hydrogen-bond donors (Lipinski definition) is 1. The summed E-state index contributed by atoms with van der Waals surface area (Å²) in [6.07, 6.45) is 11.3. The Balaban J connectivity index is 1.50. The summed E-state index contributed by atoms with van der Waals surface area (Å²) >= 11 is 0. The number of aliphatic hydroxyl groups is 1. The van der Waals surface area contributed by atoms with Crippen molar-refractivity contribution in [3.05, 3.63) is 0 Å². The number of carbonyl (C=O) groups excluding carboxylic acids is 2. The molecule has 5 aliphatic rings. The van der Waals surface area contributed by atoms with Gasteiger partial charge in [-0.25, -0.2) is 0 Å². The van der Waals surface area contributed by atoms with Crippen LogP contribution in [0.4, 0.5) is 0 Å². The molecule has 0 heterocycles. The van der Waals surface area contributed by atoms with Crippen LogP contribution in [0.2, 0.25) is 0 Å². The lowest BCUT2D eigenvalue weighted by Crippen LogP contribution is -2.67. The minimum absolute atomic E-state index is 0.00507. The number of carbonyl (C=O) groups is 2. The van der Waals surface area contributed by atoms with Gasteiger partial charge in [-0.05, 0) is 124 Å². The van der Waals surface area contributed by atoms with E-state index in [2.05, 4.69) is 34.6 Å². The smallest absolute Gasteiger partial charge is 0.302 e. The maximum atomic E-state index is 11.9. The second-order valence-electron chi connectivity index (χ2n) is 16.6. The second kappa shape index (κ2) is 9.20. The van der Waals surface area contributed by atoms with Gasteiger partial charge in [0.05, 0.1) is 12.2 Å². The van der Waals surface area contributed by atoms with E-state index < -0.39 is 5.60 Å². The van der Waals surface area contributed by atoms with E-state index in [1.165, 1.54) is 39.0 Å². The van der Waals surface area contributed by atoms with Crippen LogP contribution in [0.25, 0.3) is 0 Å². The minimum Gasteiger partial charge on any atom is -0.465 e. The molecule has 5 nitrogen and oxygen atoms in total. The van der Waals surface area contributed by atoms with Crippen molar-refractivity contribution in [1.82, 2.24) is 0 Å². The molecule has 5 heteroatoms. The van der Waals surface area contributed by atoms with Gasteiger partial charge in [-0.3, -0.25) is 9.59 Å². The molecule has 0 aromatic rings. The summed E-state index contributed by atoms with van der Waals surface area (Å²) in [5.74, 6) is 2.01. The Bertz CT molecular complexity index is 996. The summed E-state index contributed by atoms with van der Waals surface area (Å²) in [4.78, 5) is 23.9. The molecule has 0 spiro atoms. The highest BCUT2D eigenvalue weighted by molar-refractivity contribution is 5.66. The highest BCUT2D eigenvalue weighted by Crippen LogP contribution is 2.77. The molecular weight excluding hydrogens is 488 g/mol. The average Bonchev–Trinajstić information content (AvgIpc) is 3.20. The Kier molecular flexibility index (Phi) is 6.93. The maximum Gasteiger partial charge on any atom is 0.302 e. The van der Waals surface area contributed by atoms with Gasteiger partial charge in [0.2, 0.25) is 0 Å². The van der Waals surface area contributed by atoms with Gasteiger partial charge in [0.1, 0.15) is 6.10 Å². The molecule has 5 rings (SSSR count). The molecule has 0 aromatic heterocycles. The topological polar surface area (TPSA) is 72.8 Å². The highest BCUT2D eigenvalue weighted by Gasteiger charge is 2.71. The summed E-state index contributed by atoms with van der Waals surface area (Å²) in [7, 11) is 0. The summed E-state index contributed by atoms with van der Waals surface area (Å²) in [5, 5.41) is 11.4. The third-order valence-electron chi connectivity index (χ3n) is 14.3. The summed E-state index contributed by atoms with van der Waals surface area (Å²) in [6.45, 7) is 20.1. The molecule has 5 aliphatic carbocycles. The van der Waals surface area contributed by atoms with E-state index in [0.29, 0.717) is 30.3 Å². The minimum atomic E-state index is -0.735. The van der Waals surface area contributed by atoms with Gasteiger partial charge < -0.3 is 14.6 Å². The van der Waals surface area contributed by atoms with Crippen LogP contribution in [0, 0.1) is 56.7 Å². The van der Waals surface area contributed by atoms with Crippen molar-refractivity contribution < 1.29 is 24.2 Å². The first-order chi connectivity index (χ1) is 17.9. The maximum absolute atomic E-state index is 11.9. The van der Waals surface area contributed by atoms with E-state index in [-0.39, 0.29) is 51.0 Å². The van der Waals surface area contributed by atoms with Crippen molar-refractivity contribution >= 4 is 11.9 Å². The number of rotatable bonds is 4. The van der Waals surface area contributed by atoms with Gasteiger partial charge >= 0.3 is 11.9 Å². The molecule has 0 aliphatic heterocycles. The van der Waals surface area contributed by atoms with E-state index in [0.717, 1.165) is 32.1 Å². The number of ether oxygens (including phenoxy) is 2. The van der Waals surface area contributed by atoms with Gasteiger partial charge in [-0.2, -0.15) is 0 Å². The van der Waals surface area contributed by atoms with Crippen LogP contribution >= 0.6 is 0 Å². The molecule has 1 N–H and O–H groups in total. The molecule has 0 aromatic carbocycles. The molecule has 10 atom stereocenters. The quantitative estimate of drug-likeness (QED) is 0.375. The summed E-state index contributed by atoms with van der Waals surface area (Å²) in [6, 6.07) is 0. The fourth-order valence-corrected chi connectivity index (χ4v) is 12.4. The lowest BCUT2D eigenvalue weighted by Gasteiger charge is -2.73. The van der Waals surface area contributed by atoms with Gasteiger partial charge in [-0.1, -0.05) is 34.6 Å². The van der Waals surface area contributed by atoms with Crippen LogP contribution in [0.1, 0.15) is 127 Å². The van der Waals surface area contributed by atoms with Gasteiger partial charge in [0, 0.05) is 24.7 Å². The van der Waals surface area contributed by atoms with Crippen LogP contribution in [-0.2, 0) is 19.1 Å². The van der Waals surface area contributed by atoms with Crippen LogP contribution < -0.4 is 0 Å². The van der Waals surface area contributed by atoms with E-state index >= 15 is 0 Å². The normalized spacial score (nSPS) is 48.7. The number of hydrogen-bond acceptors (Lipinski definition) is 5. The predicted molar refractivity (Wildman–Crippen MR) is 153 cm³/mol. The van der Waals surface area contributed by atoms with Crippen molar-refractivity contribution in [3.8, 4) is 0 Å². The zero-order chi connectivity index (χ0) is 28.8. The van der Waals surface area contributed by atoms with Crippen LogP contribution in [-0.4, -0.2) is 35.4 Å². The first-order valence-electron chi connectivity index (χ1n) is 16.0. The Labute approximate surface area is 237 Å². The fourth-order valence-electron chi connectivity index (χ4n) is 12.4. The molecular formula is C34H56O5. The van der Waals surface area contributed by atoms with Gasteiger partial charge in [0.15, 0.2) is 0 Å². The van der Waals surface area contributed by atoms with Crippen LogP contribution in [0.15, 0.2) is 0 Å². The molecule has 0 saturated heterocycles. The Morgan fingerprint density at radius 3 is 2.10 bits per heavy atom. The molecule has 222 valence electrons. The number of esters is 2. The molecule has 0 unspecified atom stereocenters. The monoisotopic (exact) mass is 544 g/mol. The molecule has 5 saturated carbocycles. The number of fused-ring (bicyclic) bond motifs is 7. The molecule has 0 bridgehead atoms. The van der Waals surface area contributed by atoms with Crippen LogP contribution in [0.5, 0.6) is 0 Å². The molecule has 0 amide bonds. The predicted octanol–water partition coefficient (Wildman–Crippen LogP) is 7.33. The lowest BCUT2D eigenvalue weighted by molar-refractivity contribution is -0.255. The molecule has 39 heavy (non-hydrogen) atoms. The van der Waals surface area contributed by atoms with E-state index in [4.69, 9.17) is 9.47 Å². The first kappa shape index (κ1) is 29.4. The first-order valence-corrected chi connectivity index (χ1v) is 16.0. The van der Waals surface area contributed by atoms with Crippen molar-refractivity contribution in [1.29, 1.82) is 0 Å². The second-order valence-corrected chi connectivity index (χ2v) is 16.6. The molecule has 5 fully saturated rings. The Morgan fingerprint density at radius 1 is 0.795 bits per heavy atom. The SMILES string of the molecule is CC(=O)OC[C@@]12CC[C@H](C(C)(C)O)[C@@H]1[C@H]1CC[C@H]3[C@@]4(C)CC[C@@H](OC(C)=O)C(C)(C)[C@H]4CC[C@]3(C)[C@]1(C)CC2. The average molecular weight is 545 g/mol. The zero-order valence-corrected chi connectivity index (χ0v) is 26.3. The van der Waals surface area contributed by atoms with E-state index in [9.17, 15) is 14.7 Å². The molecule has 0 radical (unpaired) electrons. The van der Waals surface area contributed by atoms with Crippen molar-refractivity contribution in [2.75, 3.05) is 6.61 Å². The van der Waals surface area contributed by atoms with Gasteiger partial charge in [-0.15, -0.1) is 0 Å². The summed E-state index contributed by atoms with van der Waals surface area (Å²) in [5.41, 5.74) is -0.110. The summed E-state index contributed by atoms with van der Waals surface area (Å²) < 4.78 is 11.7. The van der Waals surface area contributed by atoms with Crippen molar-refractivity contribution in [2.24, 2.45) is 56.7 Å². The van der Waals surface area contributed by atoms with E-state index in [1.54, 1.807) is 6.92 Å². The van der Waals surface area contributed by atoms with Crippen LogP contribution in [0.3, 0.4) is 0 Å². The Morgan fingerprint density at radius 2 is 1.49 bits per heavy atom.